The van der Waals surface area contributed by atoms with E-state index in [2.05, 4.69) is 31.9 Å². The molecular formula is C24H25ClN6O2. The number of aliphatic hydroxyl groups is 1. The molecule has 8 nitrogen and oxygen atoms in total. The normalized spacial score (nSPS) is 14.5. The van der Waals surface area contributed by atoms with Crippen molar-refractivity contribution in [3.8, 4) is 17.0 Å². The Morgan fingerprint density at radius 1 is 1.03 bits per heavy atom. The van der Waals surface area contributed by atoms with Gasteiger partial charge in [0.2, 0.25) is 0 Å². The largest absolute Gasteiger partial charge is 0.495 e. The van der Waals surface area contributed by atoms with Crippen molar-refractivity contribution in [2.45, 2.75) is 13.0 Å². The lowest BCUT2D eigenvalue weighted by molar-refractivity contribution is 0.281. The number of anilines is 2. The van der Waals surface area contributed by atoms with Gasteiger partial charge in [-0.05, 0) is 30.2 Å². The molecule has 170 valence electrons. The van der Waals surface area contributed by atoms with Gasteiger partial charge in [0.15, 0.2) is 0 Å². The molecule has 9 heteroatoms. The second kappa shape index (κ2) is 9.25. The molecule has 1 aromatic carbocycles. The van der Waals surface area contributed by atoms with Gasteiger partial charge in [0, 0.05) is 55.9 Å². The first-order chi connectivity index (χ1) is 16.2. The number of hydrogen-bond donors (Lipinski definition) is 1. The molecule has 1 aliphatic heterocycles. The zero-order valence-electron chi connectivity index (χ0n) is 18.4. The van der Waals surface area contributed by atoms with Crippen LogP contribution < -0.4 is 14.5 Å². The zero-order chi connectivity index (χ0) is 22.8. The van der Waals surface area contributed by atoms with Gasteiger partial charge in [-0.3, -0.25) is 0 Å². The average molecular weight is 465 g/mol. The fourth-order valence-corrected chi connectivity index (χ4v) is 4.55. The highest BCUT2D eigenvalue weighted by Gasteiger charge is 2.18. The lowest BCUT2D eigenvalue weighted by Crippen LogP contribution is -2.30. The summed E-state index contributed by atoms with van der Waals surface area (Å²) >= 11 is 6.35. The molecule has 1 aliphatic rings. The summed E-state index contributed by atoms with van der Waals surface area (Å²) in [6.07, 6.45) is 10.3. The van der Waals surface area contributed by atoms with E-state index >= 15 is 0 Å². The van der Waals surface area contributed by atoms with Gasteiger partial charge in [0.1, 0.15) is 17.7 Å². The summed E-state index contributed by atoms with van der Waals surface area (Å²) in [7, 11) is 1.56. The fraction of sp³-hybridized carbons (Fsp3) is 0.292. The molecule has 0 saturated carbocycles. The summed E-state index contributed by atoms with van der Waals surface area (Å²) in [6, 6.07) is 7.78. The molecule has 3 aromatic heterocycles. The molecule has 0 atom stereocenters. The number of rotatable bonds is 5. The molecular weight excluding hydrogens is 440 g/mol. The first kappa shape index (κ1) is 21.5. The third-order valence-corrected chi connectivity index (χ3v) is 6.34. The van der Waals surface area contributed by atoms with Crippen LogP contribution in [0.15, 0.2) is 55.4 Å². The standard InChI is InChI=1S/C24H25ClN6O2/c1-33-23-9-17(15-32)20(11-21(23)25)22-14-31-6-3-18(10-24(31)28-22)29-4-2-5-30(8-7-29)19-12-26-16-27-13-19/h3,6,9-14,16,32H,2,4-5,7-8,15H2,1H3. The van der Waals surface area contributed by atoms with Gasteiger partial charge < -0.3 is 24.0 Å². The molecule has 0 unspecified atom stereocenters. The first-order valence-electron chi connectivity index (χ1n) is 10.9. The Hall–Kier alpha value is -3.36. The number of halogens is 1. The van der Waals surface area contributed by atoms with Crippen LogP contribution in [0.3, 0.4) is 0 Å². The molecule has 0 aliphatic carbocycles. The molecule has 0 spiro atoms. The van der Waals surface area contributed by atoms with Crippen LogP contribution in [0.2, 0.25) is 5.02 Å². The van der Waals surface area contributed by atoms with Gasteiger partial charge in [-0.15, -0.1) is 0 Å². The van der Waals surface area contributed by atoms with Crippen LogP contribution in [0.1, 0.15) is 12.0 Å². The maximum Gasteiger partial charge on any atom is 0.139 e. The number of ether oxygens (including phenoxy) is 1. The van der Waals surface area contributed by atoms with Gasteiger partial charge in [0.05, 0.1) is 42.5 Å². The van der Waals surface area contributed by atoms with Gasteiger partial charge in [-0.2, -0.15) is 0 Å². The molecule has 4 aromatic rings. The predicted octanol–water partition coefficient (Wildman–Crippen LogP) is 3.66. The number of nitrogens with zero attached hydrogens (tertiary/aromatic N) is 6. The second-order valence-corrected chi connectivity index (χ2v) is 8.41. The smallest absolute Gasteiger partial charge is 0.139 e. The second-order valence-electron chi connectivity index (χ2n) is 8.00. The van der Waals surface area contributed by atoms with Crippen LogP contribution in [0, 0.1) is 0 Å². The number of benzene rings is 1. The van der Waals surface area contributed by atoms with Gasteiger partial charge in [-0.25, -0.2) is 15.0 Å². The molecule has 1 fully saturated rings. The minimum atomic E-state index is -0.126. The number of aromatic nitrogens is 4. The SMILES string of the molecule is COc1cc(CO)c(-c2cn3ccc(N4CCCN(c5cncnc5)CC4)cc3n2)cc1Cl. The highest BCUT2D eigenvalue weighted by molar-refractivity contribution is 6.32. The minimum absolute atomic E-state index is 0.126. The van der Waals surface area contributed by atoms with Gasteiger partial charge >= 0.3 is 0 Å². The molecule has 1 saturated heterocycles. The van der Waals surface area contributed by atoms with Crippen LogP contribution in [-0.2, 0) is 6.61 Å². The van der Waals surface area contributed by atoms with Crippen molar-refractivity contribution >= 4 is 28.6 Å². The Labute approximate surface area is 197 Å². The third-order valence-electron chi connectivity index (χ3n) is 6.04. The molecule has 0 amide bonds. The number of methoxy groups -OCH3 is 1. The van der Waals surface area contributed by atoms with Crippen molar-refractivity contribution in [1.29, 1.82) is 0 Å². The monoisotopic (exact) mass is 464 g/mol. The highest BCUT2D eigenvalue weighted by atomic mass is 35.5. The van der Waals surface area contributed by atoms with Crippen LogP contribution in [-0.4, -0.2) is 57.7 Å². The van der Waals surface area contributed by atoms with E-state index < -0.39 is 0 Å². The highest BCUT2D eigenvalue weighted by Crippen LogP contribution is 2.34. The number of imidazole rings is 1. The molecule has 1 N–H and O–H groups in total. The Kier molecular flexibility index (Phi) is 6.02. The molecule has 33 heavy (non-hydrogen) atoms. The van der Waals surface area contributed by atoms with Crippen molar-refractivity contribution < 1.29 is 9.84 Å². The van der Waals surface area contributed by atoms with E-state index in [1.54, 1.807) is 25.6 Å². The van der Waals surface area contributed by atoms with Crippen molar-refractivity contribution in [3.05, 3.63) is 66.0 Å². The Bertz CT molecular complexity index is 1260. The van der Waals surface area contributed by atoms with E-state index in [0.717, 1.165) is 66.4 Å². The van der Waals surface area contributed by atoms with Crippen molar-refractivity contribution in [2.24, 2.45) is 0 Å². The summed E-state index contributed by atoms with van der Waals surface area (Å²) in [5.41, 5.74) is 5.32. The van der Waals surface area contributed by atoms with Gasteiger partial charge in [-0.1, -0.05) is 11.6 Å². The van der Waals surface area contributed by atoms with Gasteiger partial charge in [0.25, 0.3) is 0 Å². The number of aliphatic hydroxyl groups excluding tert-OH is 1. The van der Waals surface area contributed by atoms with Crippen LogP contribution >= 0.6 is 11.6 Å². The number of fused-ring (bicyclic) bond motifs is 1. The van der Waals surface area contributed by atoms with E-state index in [1.165, 1.54) is 0 Å². The Morgan fingerprint density at radius 3 is 2.52 bits per heavy atom. The summed E-state index contributed by atoms with van der Waals surface area (Å²) in [6.45, 7) is 3.63. The quantitative estimate of drug-likeness (QED) is 0.482. The predicted molar refractivity (Wildman–Crippen MR) is 129 cm³/mol. The van der Waals surface area contributed by atoms with Crippen LogP contribution in [0.25, 0.3) is 16.9 Å². The first-order valence-corrected chi connectivity index (χ1v) is 11.3. The molecule has 0 bridgehead atoms. The maximum atomic E-state index is 9.86. The van der Waals surface area contributed by atoms with E-state index in [0.29, 0.717) is 10.8 Å². The fourth-order valence-electron chi connectivity index (χ4n) is 4.31. The van der Waals surface area contributed by atoms with Crippen molar-refractivity contribution in [2.75, 3.05) is 43.1 Å². The number of pyridine rings is 1. The average Bonchev–Trinajstić information content (AvgIpc) is 3.12. The van der Waals surface area contributed by atoms with Crippen LogP contribution in [0.5, 0.6) is 5.75 Å². The molecule has 5 rings (SSSR count). The van der Waals surface area contributed by atoms with Crippen LogP contribution in [0.4, 0.5) is 11.4 Å². The van der Waals surface area contributed by atoms with Crippen molar-refractivity contribution in [1.82, 2.24) is 19.4 Å². The Balaban J connectivity index is 1.41. The van der Waals surface area contributed by atoms with Crippen molar-refractivity contribution in [3.63, 3.8) is 0 Å². The summed E-state index contributed by atoms with van der Waals surface area (Å²) < 4.78 is 7.27. The topological polar surface area (TPSA) is 79.0 Å². The lowest BCUT2D eigenvalue weighted by Gasteiger charge is -2.24. The maximum absolute atomic E-state index is 9.86. The number of hydrogen-bond acceptors (Lipinski definition) is 7. The van der Waals surface area contributed by atoms with E-state index in [-0.39, 0.29) is 6.61 Å². The van der Waals surface area contributed by atoms with E-state index in [1.807, 2.05) is 29.2 Å². The third kappa shape index (κ3) is 4.31. The molecule has 4 heterocycles. The minimum Gasteiger partial charge on any atom is -0.495 e. The van der Waals surface area contributed by atoms with E-state index in [9.17, 15) is 5.11 Å². The molecule has 0 radical (unpaired) electrons. The summed E-state index contributed by atoms with van der Waals surface area (Å²) in [5.74, 6) is 0.535. The zero-order valence-corrected chi connectivity index (χ0v) is 19.1. The summed E-state index contributed by atoms with van der Waals surface area (Å²) in [4.78, 5) is 17.8. The summed E-state index contributed by atoms with van der Waals surface area (Å²) in [5, 5.41) is 10.3. The van der Waals surface area contributed by atoms with E-state index in [4.69, 9.17) is 21.3 Å². The lowest BCUT2D eigenvalue weighted by atomic mass is 10.1. The Morgan fingerprint density at radius 2 is 1.79 bits per heavy atom.